The monoisotopic (exact) mass is 460 g/mol. The SMILES string of the molecule is O=C(Cn1cc(NC(=O)OCC2c3ccccc3-c3ccccc32)cn1)NC1(C(=O)O)CCC1. The summed E-state index contributed by atoms with van der Waals surface area (Å²) < 4.78 is 6.85. The molecule has 5 rings (SSSR count). The molecule has 2 aliphatic rings. The highest BCUT2D eigenvalue weighted by Crippen LogP contribution is 2.44. The van der Waals surface area contributed by atoms with Crippen molar-refractivity contribution in [1.82, 2.24) is 15.1 Å². The Balaban J connectivity index is 1.17. The van der Waals surface area contributed by atoms with E-state index in [0.717, 1.165) is 28.7 Å². The van der Waals surface area contributed by atoms with Gasteiger partial charge in [-0.25, -0.2) is 9.59 Å². The molecule has 2 amide bonds. The zero-order chi connectivity index (χ0) is 23.7. The number of carbonyl (C=O) groups excluding carboxylic acids is 2. The lowest BCUT2D eigenvalue weighted by Crippen LogP contribution is -2.59. The van der Waals surface area contributed by atoms with Crippen molar-refractivity contribution in [3.63, 3.8) is 0 Å². The lowest BCUT2D eigenvalue weighted by atomic mass is 9.77. The maximum atomic E-state index is 12.4. The molecule has 1 fully saturated rings. The highest BCUT2D eigenvalue weighted by molar-refractivity contribution is 5.88. The molecule has 9 heteroatoms. The second-order valence-electron chi connectivity index (χ2n) is 8.67. The van der Waals surface area contributed by atoms with Crippen molar-refractivity contribution in [1.29, 1.82) is 0 Å². The topological polar surface area (TPSA) is 123 Å². The molecule has 0 bridgehead atoms. The first kappa shape index (κ1) is 21.7. The second kappa shape index (κ2) is 8.66. The van der Waals surface area contributed by atoms with Crippen LogP contribution in [0.1, 0.15) is 36.3 Å². The van der Waals surface area contributed by atoms with E-state index in [1.165, 1.54) is 17.1 Å². The number of rotatable bonds is 7. The van der Waals surface area contributed by atoms with Crippen LogP contribution in [0.5, 0.6) is 0 Å². The lowest BCUT2D eigenvalue weighted by Gasteiger charge is -2.38. The maximum absolute atomic E-state index is 12.4. The van der Waals surface area contributed by atoms with Crippen LogP contribution in [-0.4, -0.2) is 45.0 Å². The number of anilines is 1. The summed E-state index contributed by atoms with van der Waals surface area (Å²) in [6, 6.07) is 16.2. The van der Waals surface area contributed by atoms with E-state index in [-0.39, 0.29) is 19.1 Å². The van der Waals surface area contributed by atoms with E-state index in [4.69, 9.17) is 4.74 Å². The molecule has 2 aliphatic carbocycles. The predicted molar refractivity (Wildman–Crippen MR) is 123 cm³/mol. The molecule has 0 atom stereocenters. The molecule has 0 unspecified atom stereocenters. The number of carbonyl (C=O) groups is 3. The average Bonchev–Trinajstić information content (AvgIpc) is 3.36. The zero-order valence-electron chi connectivity index (χ0n) is 18.4. The summed E-state index contributed by atoms with van der Waals surface area (Å²) in [7, 11) is 0. The Morgan fingerprint density at radius 2 is 1.71 bits per heavy atom. The largest absolute Gasteiger partial charge is 0.480 e. The second-order valence-corrected chi connectivity index (χ2v) is 8.67. The molecule has 0 radical (unpaired) electrons. The number of benzene rings is 2. The van der Waals surface area contributed by atoms with Crippen molar-refractivity contribution < 1.29 is 24.2 Å². The van der Waals surface area contributed by atoms with Crippen molar-refractivity contribution in [3.8, 4) is 11.1 Å². The Bertz CT molecular complexity index is 1220. The summed E-state index contributed by atoms with van der Waals surface area (Å²) in [4.78, 5) is 36.1. The van der Waals surface area contributed by atoms with Crippen LogP contribution in [0.15, 0.2) is 60.9 Å². The van der Waals surface area contributed by atoms with Gasteiger partial charge in [0.15, 0.2) is 0 Å². The number of amides is 2. The van der Waals surface area contributed by atoms with E-state index in [0.29, 0.717) is 18.5 Å². The first-order valence-corrected chi connectivity index (χ1v) is 11.1. The molecule has 1 saturated carbocycles. The van der Waals surface area contributed by atoms with Gasteiger partial charge in [0.1, 0.15) is 18.7 Å². The molecule has 0 saturated heterocycles. The minimum atomic E-state index is -1.17. The zero-order valence-corrected chi connectivity index (χ0v) is 18.4. The third kappa shape index (κ3) is 4.00. The van der Waals surface area contributed by atoms with Gasteiger partial charge in [-0.15, -0.1) is 0 Å². The number of carboxylic acids is 1. The number of hydrogen-bond donors (Lipinski definition) is 3. The lowest BCUT2D eigenvalue weighted by molar-refractivity contribution is -0.151. The normalized spacial score (nSPS) is 15.5. The number of nitrogens with one attached hydrogen (secondary N) is 2. The van der Waals surface area contributed by atoms with Gasteiger partial charge in [0, 0.05) is 12.1 Å². The van der Waals surface area contributed by atoms with Crippen molar-refractivity contribution >= 4 is 23.7 Å². The molecule has 174 valence electrons. The Morgan fingerprint density at radius 3 is 2.29 bits per heavy atom. The van der Waals surface area contributed by atoms with Gasteiger partial charge in [-0.05, 0) is 41.5 Å². The number of carboxylic acid groups (broad SMARTS) is 1. The summed E-state index contributed by atoms with van der Waals surface area (Å²) in [5, 5.41) is 18.6. The van der Waals surface area contributed by atoms with Crippen LogP contribution < -0.4 is 10.6 Å². The summed E-state index contributed by atoms with van der Waals surface area (Å²) in [5.41, 5.74) is 3.76. The molecule has 0 spiro atoms. The fraction of sp³-hybridized carbons (Fsp3) is 0.280. The van der Waals surface area contributed by atoms with Crippen molar-refractivity contribution in [3.05, 3.63) is 72.1 Å². The molecule has 3 aromatic rings. The Labute approximate surface area is 195 Å². The molecule has 34 heavy (non-hydrogen) atoms. The molecule has 3 N–H and O–H groups in total. The summed E-state index contributed by atoms with van der Waals surface area (Å²) in [5.74, 6) is -1.51. The van der Waals surface area contributed by atoms with Crippen LogP contribution in [0.3, 0.4) is 0 Å². The van der Waals surface area contributed by atoms with Crippen molar-refractivity contribution in [2.75, 3.05) is 11.9 Å². The highest BCUT2D eigenvalue weighted by Gasteiger charge is 2.45. The minimum Gasteiger partial charge on any atom is -0.480 e. The maximum Gasteiger partial charge on any atom is 0.411 e. The fourth-order valence-electron chi connectivity index (χ4n) is 4.64. The van der Waals surface area contributed by atoms with Gasteiger partial charge < -0.3 is 15.2 Å². The number of aromatic nitrogens is 2. The predicted octanol–water partition coefficient (Wildman–Crippen LogP) is 3.37. The van der Waals surface area contributed by atoms with Crippen LogP contribution in [-0.2, 0) is 20.9 Å². The number of ether oxygens (including phenoxy) is 1. The molecular weight excluding hydrogens is 436 g/mol. The number of fused-ring (bicyclic) bond motifs is 3. The Kier molecular flexibility index (Phi) is 5.53. The van der Waals surface area contributed by atoms with Gasteiger partial charge in [-0.2, -0.15) is 5.10 Å². The Morgan fingerprint density at radius 1 is 1.06 bits per heavy atom. The van der Waals surface area contributed by atoms with Crippen molar-refractivity contribution in [2.24, 2.45) is 0 Å². The number of hydrogen-bond acceptors (Lipinski definition) is 5. The van der Waals surface area contributed by atoms with Gasteiger partial charge >= 0.3 is 12.1 Å². The average molecular weight is 460 g/mol. The van der Waals surface area contributed by atoms with Crippen LogP contribution in [0.25, 0.3) is 11.1 Å². The Hall–Kier alpha value is -4.14. The summed E-state index contributed by atoms with van der Waals surface area (Å²) in [6.07, 6.45) is 3.89. The van der Waals surface area contributed by atoms with E-state index in [1.807, 2.05) is 24.3 Å². The third-order valence-corrected chi connectivity index (χ3v) is 6.52. The van der Waals surface area contributed by atoms with Gasteiger partial charge in [0.25, 0.3) is 0 Å². The molecule has 2 aromatic carbocycles. The van der Waals surface area contributed by atoms with Gasteiger partial charge in [-0.1, -0.05) is 48.5 Å². The smallest absolute Gasteiger partial charge is 0.411 e. The first-order valence-electron chi connectivity index (χ1n) is 11.1. The van der Waals surface area contributed by atoms with Crippen LogP contribution in [0, 0.1) is 0 Å². The van der Waals surface area contributed by atoms with E-state index >= 15 is 0 Å². The first-order chi connectivity index (χ1) is 16.4. The quantitative estimate of drug-likeness (QED) is 0.497. The van der Waals surface area contributed by atoms with Gasteiger partial charge in [-0.3, -0.25) is 14.8 Å². The van der Waals surface area contributed by atoms with Crippen molar-refractivity contribution in [2.45, 2.75) is 37.3 Å². The minimum absolute atomic E-state index is 0.0439. The number of nitrogens with zero attached hydrogens (tertiary/aromatic N) is 2. The van der Waals surface area contributed by atoms with Crippen LogP contribution in [0.4, 0.5) is 10.5 Å². The fourth-order valence-corrected chi connectivity index (χ4v) is 4.64. The van der Waals surface area contributed by atoms with Gasteiger partial charge in [0.2, 0.25) is 5.91 Å². The third-order valence-electron chi connectivity index (χ3n) is 6.52. The molecule has 1 heterocycles. The van der Waals surface area contributed by atoms with E-state index in [1.54, 1.807) is 0 Å². The van der Waals surface area contributed by atoms with E-state index in [2.05, 4.69) is 40.0 Å². The summed E-state index contributed by atoms with van der Waals surface area (Å²) in [6.45, 7) is 0.0368. The standard InChI is InChI=1S/C25H24N4O5/c30-22(28-25(23(31)32)10-5-11-25)14-29-13-16(12-26-29)27-24(33)34-15-21-19-8-3-1-6-17(19)18-7-2-4-9-20(18)21/h1-4,6-9,12-13,21H,5,10-11,14-15H2,(H,27,33)(H,28,30)(H,31,32). The number of aliphatic carboxylic acids is 1. The van der Waals surface area contributed by atoms with Crippen LogP contribution >= 0.6 is 0 Å². The highest BCUT2D eigenvalue weighted by atomic mass is 16.5. The van der Waals surface area contributed by atoms with Crippen LogP contribution in [0.2, 0.25) is 0 Å². The summed E-state index contributed by atoms with van der Waals surface area (Å²) >= 11 is 0. The molecule has 9 nitrogen and oxygen atoms in total. The molecule has 1 aromatic heterocycles. The van der Waals surface area contributed by atoms with E-state index < -0.39 is 23.5 Å². The molecule has 0 aliphatic heterocycles. The van der Waals surface area contributed by atoms with E-state index in [9.17, 15) is 19.5 Å². The molecular formula is C25H24N4O5. The van der Waals surface area contributed by atoms with Gasteiger partial charge in [0.05, 0.1) is 11.9 Å².